The smallest absolute Gasteiger partial charge is 0.251 e. The number of nitrogens with zero attached hydrogens (tertiary/aromatic N) is 3. The van der Waals surface area contributed by atoms with Crippen LogP contribution in [0.3, 0.4) is 0 Å². The predicted octanol–water partition coefficient (Wildman–Crippen LogP) is 1.59. The Bertz CT molecular complexity index is 664. The van der Waals surface area contributed by atoms with Gasteiger partial charge in [0.15, 0.2) is 5.82 Å². The molecule has 1 aliphatic heterocycles. The van der Waals surface area contributed by atoms with Crippen LogP contribution in [0.5, 0.6) is 0 Å². The second kappa shape index (κ2) is 9.50. The number of benzene rings is 1. The summed E-state index contributed by atoms with van der Waals surface area (Å²) in [7, 11) is 0. The quantitative estimate of drug-likeness (QED) is 0.806. The number of nitrogens with two attached hydrogens (primary N) is 1. The van der Waals surface area contributed by atoms with Crippen LogP contribution in [-0.4, -0.2) is 40.6 Å². The third kappa shape index (κ3) is 5.52. The van der Waals surface area contributed by atoms with Crippen molar-refractivity contribution in [3.05, 3.63) is 47.6 Å². The molecule has 0 aliphatic carbocycles. The van der Waals surface area contributed by atoms with E-state index in [9.17, 15) is 4.79 Å². The molecular weight excluding hydrogens is 342 g/mol. The van der Waals surface area contributed by atoms with E-state index in [0.717, 1.165) is 25.9 Å². The average Bonchev–Trinajstić information content (AvgIpc) is 3.08. The molecular formula is C17H24ClN5O2. The highest BCUT2D eigenvalue weighted by Gasteiger charge is 2.22. The number of hydrogen-bond acceptors (Lipinski definition) is 6. The van der Waals surface area contributed by atoms with Gasteiger partial charge >= 0.3 is 0 Å². The zero-order valence-corrected chi connectivity index (χ0v) is 14.9. The summed E-state index contributed by atoms with van der Waals surface area (Å²) in [4.78, 5) is 18.7. The number of carbonyl (C=O) groups is 1. The number of amides is 1. The van der Waals surface area contributed by atoms with Gasteiger partial charge in [0.1, 0.15) is 0 Å². The van der Waals surface area contributed by atoms with E-state index in [1.54, 1.807) is 0 Å². The minimum atomic E-state index is -0.0153. The van der Waals surface area contributed by atoms with Crippen LogP contribution in [0.25, 0.3) is 0 Å². The van der Waals surface area contributed by atoms with Crippen LogP contribution in [0.1, 0.15) is 34.9 Å². The van der Waals surface area contributed by atoms with Gasteiger partial charge in [0.25, 0.3) is 5.91 Å². The van der Waals surface area contributed by atoms with Crippen LogP contribution in [0.15, 0.2) is 34.9 Å². The Labute approximate surface area is 153 Å². The molecule has 1 amide bonds. The van der Waals surface area contributed by atoms with Gasteiger partial charge in [0, 0.05) is 18.7 Å². The molecule has 3 N–H and O–H groups in total. The number of aromatic nitrogens is 2. The van der Waals surface area contributed by atoms with Gasteiger partial charge in [-0.3, -0.25) is 9.69 Å². The molecule has 0 radical (unpaired) electrons. The van der Waals surface area contributed by atoms with E-state index in [0.29, 0.717) is 36.3 Å². The molecule has 1 aromatic carbocycles. The van der Waals surface area contributed by atoms with Crippen molar-refractivity contribution in [3.8, 4) is 0 Å². The third-order valence-electron chi connectivity index (χ3n) is 4.24. The fraction of sp³-hybridized carbons (Fsp3) is 0.471. The minimum absolute atomic E-state index is 0. The van der Waals surface area contributed by atoms with Gasteiger partial charge in [-0.05, 0) is 37.4 Å². The molecule has 25 heavy (non-hydrogen) atoms. The number of likely N-dealkylation sites (tertiary alicyclic amines) is 1. The van der Waals surface area contributed by atoms with Crippen LogP contribution in [0.4, 0.5) is 0 Å². The van der Waals surface area contributed by atoms with E-state index in [2.05, 4.69) is 20.4 Å². The van der Waals surface area contributed by atoms with Gasteiger partial charge in [-0.25, -0.2) is 0 Å². The van der Waals surface area contributed by atoms with E-state index < -0.39 is 0 Å². The van der Waals surface area contributed by atoms with Crippen LogP contribution in [0, 0.1) is 5.92 Å². The number of halogens is 1. The number of nitrogens with one attached hydrogen (secondary N) is 1. The highest BCUT2D eigenvalue weighted by atomic mass is 35.5. The maximum atomic E-state index is 12.1. The van der Waals surface area contributed by atoms with E-state index in [1.165, 1.54) is 0 Å². The predicted molar refractivity (Wildman–Crippen MR) is 96.2 cm³/mol. The lowest BCUT2D eigenvalue weighted by molar-refractivity contribution is 0.0929. The Balaban J connectivity index is 0.00000225. The summed E-state index contributed by atoms with van der Waals surface area (Å²) in [5.41, 5.74) is 6.18. The molecule has 3 rings (SSSR count). The van der Waals surface area contributed by atoms with Crippen molar-refractivity contribution in [2.24, 2.45) is 11.7 Å². The van der Waals surface area contributed by atoms with Crippen LogP contribution >= 0.6 is 12.4 Å². The molecule has 7 nitrogen and oxygen atoms in total. The SMILES string of the molecule is Cl.NCc1nc(CN2CCCC(CNC(=O)c3ccccc3)C2)no1. The van der Waals surface area contributed by atoms with Gasteiger partial charge in [-0.15, -0.1) is 12.4 Å². The molecule has 1 aliphatic rings. The van der Waals surface area contributed by atoms with Crippen molar-refractivity contribution in [1.82, 2.24) is 20.4 Å². The monoisotopic (exact) mass is 365 g/mol. The summed E-state index contributed by atoms with van der Waals surface area (Å²) in [6.07, 6.45) is 2.22. The molecule has 2 aromatic rings. The van der Waals surface area contributed by atoms with Crippen molar-refractivity contribution in [3.63, 3.8) is 0 Å². The molecule has 0 saturated carbocycles. The maximum Gasteiger partial charge on any atom is 0.251 e. The van der Waals surface area contributed by atoms with E-state index in [1.807, 2.05) is 30.3 Å². The fourth-order valence-corrected chi connectivity index (χ4v) is 3.03. The van der Waals surface area contributed by atoms with Gasteiger partial charge in [-0.1, -0.05) is 23.4 Å². The molecule has 0 bridgehead atoms. The first-order valence-electron chi connectivity index (χ1n) is 8.31. The van der Waals surface area contributed by atoms with Crippen LogP contribution in [-0.2, 0) is 13.1 Å². The van der Waals surface area contributed by atoms with E-state index in [4.69, 9.17) is 10.3 Å². The zero-order chi connectivity index (χ0) is 16.8. The molecule has 0 spiro atoms. The summed E-state index contributed by atoms with van der Waals surface area (Å²) in [5, 5.41) is 6.98. The number of piperidine rings is 1. The molecule has 1 fully saturated rings. The van der Waals surface area contributed by atoms with E-state index in [-0.39, 0.29) is 24.9 Å². The van der Waals surface area contributed by atoms with Crippen molar-refractivity contribution in [1.29, 1.82) is 0 Å². The fourth-order valence-electron chi connectivity index (χ4n) is 3.03. The summed E-state index contributed by atoms with van der Waals surface area (Å²) < 4.78 is 5.04. The van der Waals surface area contributed by atoms with Crippen molar-refractivity contribution >= 4 is 18.3 Å². The Kier molecular flexibility index (Phi) is 7.36. The van der Waals surface area contributed by atoms with Gasteiger partial charge in [0.2, 0.25) is 5.89 Å². The molecule has 2 heterocycles. The van der Waals surface area contributed by atoms with Gasteiger partial charge in [0.05, 0.1) is 13.1 Å². The second-order valence-electron chi connectivity index (χ2n) is 6.13. The van der Waals surface area contributed by atoms with Crippen molar-refractivity contribution in [2.75, 3.05) is 19.6 Å². The summed E-state index contributed by atoms with van der Waals surface area (Å²) >= 11 is 0. The van der Waals surface area contributed by atoms with E-state index >= 15 is 0 Å². The van der Waals surface area contributed by atoms with Crippen molar-refractivity contribution in [2.45, 2.75) is 25.9 Å². The largest absolute Gasteiger partial charge is 0.352 e. The molecule has 1 atom stereocenters. The van der Waals surface area contributed by atoms with Gasteiger partial charge in [-0.2, -0.15) is 4.98 Å². The highest BCUT2D eigenvalue weighted by molar-refractivity contribution is 5.94. The lowest BCUT2D eigenvalue weighted by atomic mass is 9.98. The van der Waals surface area contributed by atoms with Crippen molar-refractivity contribution < 1.29 is 9.32 Å². The Morgan fingerprint density at radius 3 is 2.88 bits per heavy atom. The number of carbonyl (C=O) groups excluding carboxylic acids is 1. The third-order valence-corrected chi connectivity index (χ3v) is 4.24. The number of rotatable bonds is 6. The highest BCUT2D eigenvalue weighted by Crippen LogP contribution is 2.17. The Morgan fingerprint density at radius 2 is 2.16 bits per heavy atom. The molecule has 8 heteroatoms. The van der Waals surface area contributed by atoms with Crippen LogP contribution in [0.2, 0.25) is 0 Å². The molecule has 1 saturated heterocycles. The first kappa shape index (κ1) is 19.4. The normalized spacial score (nSPS) is 17.7. The maximum absolute atomic E-state index is 12.1. The summed E-state index contributed by atoms with van der Waals surface area (Å²) in [5.74, 6) is 1.56. The number of hydrogen-bond donors (Lipinski definition) is 2. The Hall–Kier alpha value is -1.96. The Morgan fingerprint density at radius 1 is 1.36 bits per heavy atom. The molecule has 1 aromatic heterocycles. The topological polar surface area (TPSA) is 97.3 Å². The first-order chi connectivity index (χ1) is 11.7. The first-order valence-corrected chi connectivity index (χ1v) is 8.31. The lowest BCUT2D eigenvalue weighted by Crippen LogP contribution is -2.40. The van der Waals surface area contributed by atoms with Crippen LogP contribution < -0.4 is 11.1 Å². The molecule has 136 valence electrons. The summed E-state index contributed by atoms with van der Waals surface area (Å²) in [6, 6.07) is 9.31. The summed E-state index contributed by atoms with van der Waals surface area (Å²) in [6.45, 7) is 3.54. The average molecular weight is 366 g/mol. The molecule has 1 unspecified atom stereocenters. The minimum Gasteiger partial charge on any atom is -0.352 e. The van der Waals surface area contributed by atoms with Gasteiger partial charge < -0.3 is 15.6 Å². The lowest BCUT2D eigenvalue weighted by Gasteiger charge is -2.31. The second-order valence-corrected chi connectivity index (χ2v) is 6.13. The standard InChI is InChI=1S/C17H23N5O2.ClH/c18-9-16-20-15(21-24-16)12-22-8-4-5-13(11-22)10-19-17(23)14-6-2-1-3-7-14;/h1-3,6-7,13H,4-5,8-12,18H2,(H,19,23);1H. The zero-order valence-electron chi connectivity index (χ0n) is 14.1.